The second kappa shape index (κ2) is 9.54. The van der Waals surface area contributed by atoms with E-state index in [2.05, 4.69) is 29.2 Å². The minimum absolute atomic E-state index is 0.0181. The van der Waals surface area contributed by atoms with Crippen molar-refractivity contribution in [2.75, 3.05) is 32.8 Å². The molecule has 0 saturated carbocycles. The van der Waals surface area contributed by atoms with Gasteiger partial charge in [-0.05, 0) is 30.5 Å². The number of ether oxygens (including phenoxy) is 1. The molecule has 1 atom stereocenters. The van der Waals surface area contributed by atoms with Gasteiger partial charge >= 0.3 is 0 Å². The molecule has 152 valence electrons. The number of hydrogen-bond acceptors (Lipinski definition) is 4. The summed E-state index contributed by atoms with van der Waals surface area (Å²) in [6, 6.07) is 7.47. The molecule has 0 bridgehead atoms. The Morgan fingerprint density at radius 3 is 2.96 bits per heavy atom. The zero-order valence-corrected chi connectivity index (χ0v) is 17.6. The first kappa shape index (κ1) is 20.8. The normalized spacial score (nSPS) is 17.8. The highest BCUT2D eigenvalue weighted by atomic mass is 35.5. The van der Waals surface area contributed by atoms with Crippen LogP contribution < -0.4 is 5.32 Å². The lowest BCUT2D eigenvalue weighted by Gasteiger charge is -2.33. The number of halogens is 1. The second-order valence-corrected chi connectivity index (χ2v) is 8.04. The minimum atomic E-state index is -0.116. The van der Waals surface area contributed by atoms with Gasteiger partial charge in [-0.2, -0.15) is 5.10 Å². The van der Waals surface area contributed by atoms with E-state index in [9.17, 15) is 4.79 Å². The Balaban J connectivity index is 1.65. The molecular weight excluding hydrogens is 376 g/mol. The van der Waals surface area contributed by atoms with E-state index in [-0.39, 0.29) is 12.0 Å². The second-order valence-electron chi connectivity index (χ2n) is 7.61. The Bertz CT molecular complexity index is 805. The number of morpholine rings is 1. The maximum absolute atomic E-state index is 12.8. The monoisotopic (exact) mass is 404 g/mol. The molecule has 0 spiro atoms. The molecule has 2 aromatic rings. The van der Waals surface area contributed by atoms with Gasteiger partial charge in [0.1, 0.15) is 0 Å². The molecule has 2 heterocycles. The van der Waals surface area contributed by atoms with Crippen molar-refractivity contribution >= 4 is 17.5 Å². The van der Waals surface area contributed by atoms with Gasteiger partial charge in [-0.3, -0.25) is 9.69 Å². The smallest absolute Gasteiger partial charge is 0.254 e. The summed E-state index contributed by atoms with van der Waals surface area (Å²) < 4.78 is 7.61. The highest BCUT2D eigenvalue weighted by Crippen LogP contribution is 2.19. The number of aromatic nitrogens is 2. The summed E-state index contributed by atoms with van der Waals surface area (Å²) in [5.74, 6) is 0.507. The molecule has 6 nitrogen and oxygen atoms in total. The van der Waals surface area contributed by atoms with Crippen molar-refractivity contribution in [1.29, 1.82) is 0 Å². The van der Waals surface area contributed by atoms with Crippen LogP contribution in [0.5, 0.6) is 0 Å². The van der Waals surface area contributed by atoms with E-state index in [1.54, 1.807) is 10.9 Å². The molecule has 1 unspecified atom stereocenters. The molecule has 1 aliphatic rings. The first-order chi connectivity index (χ1) is 13.5. The Hall–Kier alpha value is -1.89. The van der Waals surface area contributed by atoms with Crippen LogP contribution in [0.25, 0.3) is 5.69 Å². The van der Waals surface area contributed by atoms with Crippen molar-refractivity contribution < 1.29 is 9.53 Å². The summed E-state index contributed by atoms with van der Waals surface area (Å²) >= 11 is 6.10. The number of benzene rings is 1. The average Bonchev–Trinajstić information content (AvgIpc) is 3.10. The van der Waals surface area contributed by atoms with E-state index < -0.39 is 0 Å². The number of carbonyl (C=O) groups is 1. The van der Waals surface area contributed by atoms with Crippen molar-refractivity contribution in [2.24, 2.45) is 5.92 Å². The number of nitrogens with zero attached hydrogens (tertiary/aromatic N) is 3. The van der Waals surface area contributed by atoms with Gasteiger partial charge in [-0.15, -0.1) is 0 Å². The fourth-order valence-corrected chi connectivity index (χ4v) is 3.81. The molecule has 1 fully saturated rings. The Morgan fingerprint density at radius 1 is 1.43 bits per heavy atom. The van der Waals surface area contributed by atoms with Crippen LogP contribution in [0, 0.1) is 5.92 Å². The Kier molecular flexibility index (Phi) is 7.10. The predicted molar refractivity (Wildman–Crippen MR) is 111 cm³/mol. The van der Waals surface area contributed by atoms with Gasteiger partial charge in [0.15, 0.2) is 0 Å². The average molecular weight is 405 g/mol. The quantitative estimate of drug-likeness (QED) is 0.770. The highest BCUT2D eigenvalue weighted by molar-refractivity contribution is 6.30. The standard InChI is InChI=1S/C21H29ClN4O2/c1-4-20-19(12-24-26(20)17-7-5-6-16(22)10-17)21(27)23-11-18-14-25(8-9-28-18)13-15(2)3/h5-7,10,12,15,18H,4,8-9,11,13-14H2,1-3H3,(H,23,27). The van der Waals surface area contributed by atoms with E-state index in [1.807, 2.05) is 31.2 Å². The van der Waals surface area contributed by atoms with Crippen LogP contribution in [0.3, 0.4) is 0 Å². The zero-order chi connectivity index (χ0) is 20.1. The minimum Gasteiger partial charge on any atom is -0.374 e. The third-order valence-electron chi connectivity index (χ3n) is 4.84. The van der Waals surface area contributed by atoms with Gasteiger partial charge < -0.3 is 10.1 Å². The first-order valence-electron chi connectivity index (χ1n) is 9.93. The van der Waals surface area contributed by atoms with Crippen LogP contribution in [-0.2, 0) is 11.2 Å². The number of rotatable bonds is 7. The molecule has 1 amide bonds. The van der Waals surface area contributed by atoms with Crippen molar-refractivity contribution in [3.05, 3.63) is 46.7 Å². The summed E-state index contributed by atoms with van der Waals surface area (Å²) in [5.41, 5.74) is 2.31. The number of amides is 1. The van der Waals surface area contributed by atoms with E-state index in [0.29, 0.717) is 36.1 Å². The highest BCUT2D eigenvalue weighted by Gasteiger charge is 2.23. The van der Waals surface area contributed by atoms with Gasteiger partial charge in [-0.25, -0.2) is 4.68 Å². The molecule has 1 N–H and O–H groups in total. The molecule has 1 aromatic heterocycles. The van der Waals surface area contributed by atoms with Crippen molar-refractivity contribution in [1.82, 2.24) is 20.0 Å². The molecule has 7 heteroatoms. The molecule has 1 aromatic carbocycles. The van der Waals surface area contributed by atoms with Crippen LogP contribution >= 0.6 is 11.6 Å². The SMILES string of the molecule is CCc1c(C(=O)NCC2CN(CC(C)C)CCO2)cnn1-c1cccc(Cl)c1. The molecule has 28 heavy (non-hydrogen) atoms. The molecule has 1 aliphatic heterocycles. The van der Waals surface area contributed by atoms with E-state index in [0.717, 1.165) is 31.0 Å². The number of carbonyl (C=O) groups excluding carboxylic acids is 1. The lowest BCUT2D eigenvalue weighted by Crippen LogP contribution is -2.48. The van der Waals surface area contributed by atoms with Gasteiger partial charge in [-0.1, -0.05) is 38.4 Å². The Labute approximate surface area is 171 Å². The third-order valence-corrected chi connectivity index (χ3v) is 5.07. The first-order valence-corrected chi connectivity index (χ1v) is 10.3. The summed E-state index contributed by atoms with van der Waals surface area (Å²) in [5, 5.41) is 8.08. The lowest BCUT2D eigenvalue weighted by molar-refractivity contribution is -0.0295. The maximum Gasteiger partial charge on any atom is 0.254 e. The fraction of sp³-hybridized carbons (Fsp3) is 0.524. The predicted octanol–water partition coefficient (Wildman–Crippen LogP) is 3.17. The van der Waals surface area contributed by atoms with E-state index in [1.165, 1.54) is 0 Å². The lowest BCUT2D eigenvalue weighted by atomic mass is 10.1. The molecule has 3 rings (SSSR count). The van der Waals surface area contributed by atoms with Crippen LogP contribution in [-0.4, -0.2) is 59.5 Å². The van der Waals surface area contributed by atoms with E-state index in [4.69, 9.17) is 16.3 Å². The van der Waals surface area contributed by atoms with Crippen LogP contribution in [0.2, 0.25) is 5.02 Å². The summed E-state index contributed by atoms with van der Waals surface area (Å²) in [6.07, 6.45) is 2.34. The number of nitrogens with one attached hydrogen (secondary N) is 1. The molecular formula is C21H29ClN4O2. The topological polar surface area (TPSA) is 59.4 Å². The third kappa shape index (κ3) is 5.13. The molecule has 0 aliphatic carbocycles. The van der Waals surface area contributed by atoms with E-state index >= 15 is 0 Å². The van der Waals surface area contributed by atoms with Gasteiger partial charge in [0.05, 0.1) is 35.9 Å². The maximum atomic E-state index is 12.8. The van der Waals surface area contributed by atoms with Gasteiger partial charge in [0.2, 0.25) is 0 Å². The molecule has 0 radical (unpaired) electrons. The zero-order valence-electron chi connectivity index (χ0n) is 16.8. The Morgan fingerprint density at radius 2 is 2.25 bits per heavy atom. The van der Waals surface area contributed by atoms with Crippen molar-refractivity contribution in [2.45, 2.75) is 33.3 Å². The van der Waals surface area contributed by atoms with Crippen molar-refractivity contribution in [3.8, 4) is 5.69 Å². The van der Waals surface area contributed by atoms with Crippen LogP contribution in [0.4, 0.5) is 0 Å². The van der Waals surface area contributed by atoms with Crippen molar-refractivity contribution in [3.63, 3.8) is 0 Å². The van der Waals surface area contributed by atoms with Gasteiger partial charge in [0, 0.05) is 31.2 Å². The largest absolute Gasteiger partial charge is 0.374 e. The molecule has 1 saturated heterocycles. The van der Waals surface area contributed by atoms with Crippen LogP contribution in [0.1, 0.15) is 36.8 Å². The fourth-order valence-electron chi connectivity index (χ4n) is 3.62. The summed E-state index contributed by atoms with van der Waals surface area (Å²) in [6.45, 7) is 10.5. The summed E-state index contributed by atoms with van der Waals surface area (Å²) in [4.78, 5) is 15.2. The van der Waals surface area contributed by atoms with Crippen LogP contribution in [0.15, 0.2) is 30.5 Å². The number of hydrogen-bond donors (Lipinski definition) is 1. The summed E-state index contributed by atoms with van der Waals surface area (Å²) in [7, 11) is 0. The van der Waals surface area contributed by atoms with Gasteiger partial charge in [0.25, 0.3) is 5.91 Å².